The van der Waals surface area contributed by atoms with Crippen LogP contribution >= 0.6 is 0 Å². The molecule has 0 N–H and O–H groups in total. The van der Waals surface area contributed by atoms with Crippen molar-refractivity contribution < 1.29 is 52.7 Å². The molecule has 692 valence electrons. The van der Waals surface area contributed by atoms with Crippen molar-refractivity contribution in [3.8, 4) is 44.5 Å². The first-order valence-corrected chi connectivity index (χ1v) is 49.9. The largest absolute Gasteiger partial charge is 0.207 e. The topological polar surface area (TPSA) is 0 Å². The van der Waals surface area contributed by atoms with E-state index in [1.165, 1.54) is 295 Å². The Bertz CT molecular complexity index is 4690. The van der Waals surface area contributed by atoms with Crippen LogP contribution in [0.1, 0.15) is 373 Å². The first-order chi connectivity index (χ1) is 60.8. The quantitative estimate of drug-likeness (QED) is 0.0469. The fourth-order valence-corrected chi connectivity index (χ4v) is 24.5. The maximum absolute atomic E-state index is 14.9. The van der Waals surface area contributed by atoms with Crippen LogP contribution in [0.25, 0.3) is 44.5 Å². The summed E-state index contributed by atoms with van der Waals surface area (Å²) in [5.41, 5.74) is 6.07. The predicted molar refractivity (Wildman–Crippen MR) is 502 cm³/mol. The molecule has 127 heavy (non-hydrogen) atoms. The van der Waals surface area contributed by atoms with Crippen molar-refractivity contribution in [3.63, 3.8) is 0 Å². The fourth-order valence-electron chi connectivity index (χ4n) is 24.5. The Morgan fingerprint density at radius 2 is 0.402 bits per heavy atom. The van der Waals surface area contributed by atoms with Gasteiger partial charge in [0.15, 0.2) is 0 Å². The average molecular weight is 1760 g/mol. The molecule has 8 fully saturated rings. The summed E-state index contributed by atoms with van der Waals surface area (Å²) in [4.78, 5) is 0. The SMILES string of the molecule is C.CCC1CCC(C2CCC(c3ccc(-c4cc(F)c(C)c(F)c4)c(F)c3)CC2)CC1.CCCC1CCC(C2CCC(c3ccc(-c4cc(F)c(C)c(F)c4)c(F)c3)CC2)CC1.CCCCC1CCC(C2CCC(c3ccc(-c4cc(F)c(C)c(F)c4)c(F)c3)CC2)CC1.CCCCCC1CCC(C2CCC(c3ccc(-c4cc(F)c(C)c(F)c4)c(F)c3)CC2)CC1. The summed E-state index contributed by atoms with van der Waals surface area (Å²) >= 11 is 0. The van der Waals surface area contributed by atoms with Crippen molar-refractivity contribution in [2.75, 3.05) is 0 Å². The maximum atomic E-state index is 14.9. The third-order valence-corrected chi connectivity index (χ3v) is 33.0. The number of halogens is 12. The van der Waals surface area contributed by atoms with Gasteiger partial charge in [0.05, 0.1) is 0 Å². The summed E-state index contributed by atoms with van der Waals surface area (Å²) in [6, 6.07) is 30.7. The predicted octanol–water partition coefficient (Wildman–Crippen LogP) is 37.3. The van der Waals surface area contributed by atoms with E-state index < -0.39 is 69.8 Å². The van der Waals surface area contributed by atoms with Crippen LogP contribution in [0.4, 0.5) is 52.7 Å². The minimum absolute atomic E-state index is 0. The highest BCUT2D eigenvalue weighted by atomic mass is 19.2. The zero-order valence-corrected chi connectivity index (χ0v) is 77.0. The van der Waals surface area contributed by atoms with Gasteiger partial charge in [-0.3, -0.25) is 0 Å². The first kappa shape index (κ1) is 98.9. The zero-order chi connectivity index (χ0) is 89.2. The summed E-state index contributed by atoms with van der Waals surface area (Å²) < 4.78 is 171. The smallest absolute Gasteiger partial charge is 0.131 e. The minimum atomic E-state index is -0.639. The minimum Gasteiger partial charge on any atom is -0.207 e. The summed E-state index contributed by atoms with van der Waals surface area (Å²) in [5.74, 6) is 5.59. The van der Waals surface area contributed by atoms with Crippen molar-refractivity contribution in [2.45, 2.75) is 356 Å². The van der Waals surface area contributed by atoms with Crippen LogP contribution in [-0.4, -0.2) is 0 Å². The highest BCUT2D eigenvalue weighted by Crippen LogP contribution is 2.51. The number of hydrogen-bond donors (Lipinski definition) is 0. The van der Waals surface area contributed by atoms with Crippen LogP contribution in [0.2, 0.25) is 0 Å². The number of rotatable bonds is 22. The molecule has 8 saturated carbocycles. The molecule has 8 aromatic rings. The molecule has 0 atom stereocenters. The van der Waals surface area contributed by atoms with E-state index in [-0.39, 0.29) is 74.2 Å². The Morgan fingerprint density at radius 1 is 0.205 bits per heavy atom. The van der Waals surface area contributed by atoms with Gasteiger partial charge in [0.25, 0.3) is 0 Å². The van der Waals surface area contributed by atoms with E-state index in [0.29, 0.717) is 23.7 Å². The van der Waals surface area contributed by atoms with Gasteiger partial charge in [-0.2, -0.15) is 0 Å². The molecule has 0 amide bonds. The molecule has 0 unspecified atom stereocenters. The van der Waals surface area contributed by atoms with E-state index >= 15 is 0 Å². The van der Waals surface area contributed by atoms with E-state index in [2.05, 4.69) is 27.7 Å². The van der Waals surface area contributed by atoms with Gasteiger partial charge in [-0.15, -0.1) is 0 Å². The Hall–Kier alpha value is -7.08. The molecule has 0 aliphatic heterocycles. The molecular formula is C115H148F12. The molecule has 12 heteroatoms. The second kappa shape index (κ2) is 47.3. The van der Waals surface area contributed by atoms with Crippen LogP contribution in [0.5, 0.6) is 0 Å². The Kier molecular flexibility index (Phi) is 36.9. The lowest BCUT2D eigenvalue weighted by atomic mass is 9.68. The normalized spacial score (nSPS) is 26.3. The molecular weight excluding hydrogens is 1610 g/mol. The summed E-state index contributed by atoms with van der Waals surface area (Å²) in [5, 5.41) is 0. The molecule has 8 aliphatic carbocycles. The molecule has 0 heterocycles. The molecule has 0 radical (unpaired) electrons. The number of hydrogen-bond acceptors (Lipinski definition) is 0. The molecule has 16 rings (SSSR count). The van der Waals surface area contributed by atoms with Crippen LogP contribution in [0.3, 0.4) is 0 Å². The van der Waals surface area contributed by atoms with Crippen LogP contribution < -0.4 is 0 Å². The Morgan fingerprint density at radius 3 is 0.598 bits per heavy atom. The Labute approximate surface area is 755 Å². The van der Waals surface area contributed by atoms with Gasteiger partial charge in [0.1, 0.15) is 69.8 Å². The van der Waals surface area contributed by atoms with Gasteiger partial charge >= 0.3 is 0 Å². The Balaban J connectivity index is 0.000000153. The first-order valence-electron chi connectivity index (χ1n) is 49.9. The lowest BCUT2D eigenvalue weighted by Gasteiger charge is -2.38. The van der Waals surface area contributed by atoms with E-state index in [0.717, 1.165) is 145 Å². The molecule has 0 aromatic heterocycles. The fraction of sp³-hybridized carbons (Fsp3) is 0.583. The molecule has 0 saturated heterocycles. The van der Waals surface area contributed by atoms with Gasteiger partial charge < -0.3 is 0 Å². The standard InChI is InChI=1S/C30H39F3.C29H37F3.C28H35F3.C27H33F3.CH4/c1-3-4-5-6-21-7-9-22(10-8-21)23-11-13-24(14-12-23)25-15-16-27(30(33)17-25)26-18-28(31)20(2)29(32)19-26;1-3-4-5-20-6-8-21(9-7-20)22-10-12-23(13-11-22)24-14-15-26(29(32)16-24)25-17-27(30)19(2)28(31)18-25;1-3-4-19-5-7-20(8-6-19)21-9-11-22(12-10-21)23-13-14-25(28(31)15-23)24-16-26(29)18(2)27(30)17-24;1-3-18-4-6-19(7-5-18)20-8-10-21(11-9-20)22-12-13-24(27(30)14-22)23-15-25(28)17(2)26(29)16-23;/h15-19,21-24H,3-14H2,1-2H3;14-18,20-23H,3-13H2,1-2H3;13-17,19-22H,3-12H2,1-2H3;12-16,18-21H,3-11H2,1-2H3;1H4. The number of benzene rings is 8. The molecule has 0 bridgehead atoms. The van der Waals surface area contributed by atoms with Crippen molar-refractivity contribution in [3.05, 3.63) is 236 Å². The summed E-state index contributed by atoms with van der Waals surface area (Å²) in [6.45, 7) is 14.7. The van der Waals surface area contributed by atoms with Crippen LogP contribution in [-0.2, 0) is 0 Å². The van der Waals surface area contributed by atoms with Crippen molar-refractivity contribution >= 4 is 0 Å². The van der Waals surface area contributed by atoms with Crippen LogP contribution in [0, 0.1) is 169 Å². The van der Waals surface area contributed by atoms with Gasteiger partial charge in [-0.05, 0) is 394 Å². The third-order valence-electron chi connectivity index (χ3n) is 33.0. The maximum Gasteiger partial charge on any atom is 0.131 e. The highest BCUT2D eigenvalue weighted by Gasteiger charge is 2.37. The summed E-state index contributed by atoms with van der Waals surface area (Å²) in [6.07, 6.45) is 55.0. The second-order valence-corrected chi connectivity index (χ2v) is 40.6. The van der Waals surface area contributed by atoms with Gasteiger partial charge in [-0.25, -0.2) is 52.7 Å². The second-order valence-electron chi connectivity index (χ2n) is 40.6. The van der Waals surface area contributed by atoms with Gasteiger partial charge in [-0.1, -0.05) is 199 Å². The lowest BCUT2D eigenvalue weighted by Crippen LogP contribution is -2.25. The van der Waals surface area contributed by atoms with Crippen molar-refractivity contribution in [2.24, 2.45) is 71.0 Å². The summed E-state index contributed by atoms with van der Waals surface area (Å²) in [7, 11) is 0. The molecule has 8 aromatic carbocycles. The van der Waals surface area contributed by atoms with Crippen LogP contribution in [0.15, 0.2) is 121 Å². The third kappa shape index (κ3) is 25.8. The van der Waals surface area contributed by atoms with E-state index in [9.17, 15) is 52.7 Å². The molecule has 8 aliphatic rings. The zero-order valence-electron chi connectivity index (χ0n) is 77.0. The van der Waals surface area contributed by atoms with Gasteiger partial charge in [0.2, 0.25) is 0 Å². The number of unbranched alkanes of at least 4 members (excludes halogenated alkanes) is 3. The van der Waals surface area contributed by atoms with Crippen molar-refractivity contribution in [1.82, 2.24) is 0 Å². The van der Waals surface area contributed by atoms with E-state index in [4.69, 9.17) is 0 Å². The average Bonchev–Trinajstić information content (AvgIpc) is 0.807. The lowest BCUT2D eigenvalue weighted by molar-refractivity contribution is 0.155. The molecule has 0 spiro atoms. The van der Waals surface area contributed by atoms with Crippen molar-refractivity contribution in [1.29, 1.82) is 0 Å². The molecule has 0 nitrogen and oxygen atoms in total. The van der Waals surface area contributed by atoms with Gasteiger partial charge in [0, 0.05) is 44.5 Å². The highest BCUT2D eigenvalue weighted by molar-refractivity contribution is 5.69. The van der Waals surface area contributed by atoms with E-state index in [1.807, 2.05) is 24.3 Å². The monoisotopic (exact) mass is 1760 g/mol. The van der Waals surface area contributed by atoms with E-state index in [1.54, 1.807) is 48.5 Å².